The summed E-state index contributed by atoms with van der Waals surface area (Å²) in [6, 6.07) is 7.54. The number of benzene rings is 1. The highest BCUT2D eigenvalue weighted by Crippen LogP contribution is 2.19. The quantitative estimate of drug-likeness (QED) is 0.431. The molecule has 0 aliphatic rings. The lowest BCUT2D eigenvalue weighted by Gasteiger charge is -2.07. The Hall–Kier alpha value is -3.68. The monoisotopic (exact) mass is 353 g/mol. The summed E-state index contributed by atoms with van der Waals surface area (Å²) < 4.78 is 10.8. The first-order valence-electron chi connectivity index (χ1n) is 7.54. The van der Waals surface area contributed by atoms with E-state index in [0.717, 1.165) is 0 Å². The average molecular weight is 353 g/mol. The van der Waals surface area contributed by atoms with E-state index in [9.17, 15) is 14.4 Å². The molecule has 2 heterocycles. The first-order chi connectivity index (χ1) is 12.5. The molecule has 26 heavy (non-hydrogen) atoms. The van der Waals surface area contributed by atoms with E-state index in [4.69, 9.17) is 10.5 Å². The third-order valence-electron chi connectivity index (χ3n) is 3.87. The van der Waals surface area contributed by atoms with Crippen molar-refractivity contribution in [3.05, 3.63) is 65.2 Å². The fraction of sp³-hybridized carbons (Fsp3) is 0.111. The number of ketones is 1. The number of carbonyl (C=O) groups excluding carboxylic acids is 3. The third kappa shape index (κ3) is 2.88. The molecule has 0 saturated carbocycles. The largest absolute Gasteiger partial charge is 0.465 e. The summed E-state index contributed by atoms with van der Waals surface area (Å²) in [7, 11) is 2.50. The molecule has 8 nitrogen and oxygen atoms in total. The molecule has 0 aliphatic carbocycles. The first kappa shape index (κ1) is 17.2. The number of nitrogens with zero attached hydrogens (tertiary/aromatic N) is 2. The van der Waals surface area contributed by atoms with Gasteiger partial charge in [0.2, 0.25) is 5.78 Å². The van der Waals surface area contributed by atoms with Gasteiger partial charge in [0, 0.05) is 17.4 Å². The van der Waals surface area contributed by atoms with Crippen LogP contribution in [0.1, 0.15) is 36.9 Å². The van der Waals surface area contributed by atoms with Crippen molar-refractivity contribution in [2.24, 2.45) is 0 Å². The topological polar surface area (TPSA) is 113 Å². The zero-order valence-corrected chi connectivity index (χ0v) is 14.1. The lowest BCUT2D eigenvalue weighted by Crippen LogP contribution is -2.12. The van der Waals surface area contributed by atoms with E-state index in [1.54, 1.807) is 12.1 Å². The van der Waals surface area contributed by atoms with Crippen molar-refractivity contribution in [2.45, 2.75) is 0 Å². The number of imidazole rings is 1. The van der Waals surface area contributed by atoms with Gasteiger partial charge in [0.15, 0.2) is 5.82 Å². The van der Waals surface area contributed by atoms with Crippen molar-refractivity contribution in [2.75, 3.05) is 20.0 Å². The van der Waals surface area contributed by atoms with Gasteiger partial charge >= 0.3 is 11.9 Å². The molecule has 0 saturated heterocycles. The number of hydrogen-bond acceptors (Lipinski definition) is 7. The van der Waals surface area contributed by atoms with Gasteiger partial charge in [-0.3, -0.25) is 9.20 Å². The van der Waals surface area contributed by atoms with Gasteiger partial charge in [-0.05, 0) is 30.3 Å². The number of fused-ring (bicyclic) bond motifs is 1. The summed E-state index contributed by atoms with van der Waals surface area (Å²) >= 11 is 0. The molecule has 2 N–H and O–H groups in total. The molecule has 0 spiro atoms. The highest BCUT2D eigenvalue weighted by atomic mass is 16.5. The Kier molecular flexibility index (Phi) is 4.40. The second-order valence-corrected chi connectivity index (χ2v) is 5.41. The molecule has 1 aromatic carbocycles. The van der Waals surface area contributed by atoms with Crippen molar-refractivity contribution in [1.29, 1.82) is 0 Å². The number of hydrogen-bond donors (Lipinski definition) is 1. The lowest BCUT2D eigenvalue weighted by atomic mass is 10.0. The number of anilines is 1. The normalized spacial score (nSPS) is 10.5. The van der Waals surface area contributed by atoms with Crippen LogP contribution in [0.15, 0.2) is 42.7 Å². The van der Waals surface area contributed by atoms with Crippen LogP contribution in [0, 0.1) is 0 Å². The molecular formula is C18H15N3O5. The number of nitrogens with two attached hydrogens (primary N) is 1. The van der Waals surface area contributed by atoms with Crippen LogP contribution in [0.2, 0.25) is 0 Å². The van der Waals surface area contributed by atoms with Crippen LogP contribution in [0.25, 0.3) is 5.52 Å². The fourth-order valence-electron chi connectivity index (χ4n) is 2.51. The second-order valence-electron chi connectivity index (χ2n) is 5.41. The van der Waals surface area contributed by atoms with Crippen molar-refractivity contribution in [3.8, 4) is 0 Å². The van der Waals surface area contributed by atoms with Crippen LogP contribution in [0.3, 0.4) is 0 Å². The molecule has 132 valence electrons. The zero-order chi connectivity index (χ0) is 18.8. The summed E-state index contributed by atoms with van der Waals surface area (Å²) in [5, 5.41) is 0. The number of carbonyl (C=O) groups is 3. The lowest BCUT2D eigenvalue weighted by molar-refractivity contribution is 0.0592. The van der Waals surface area contributed by atoms with Crippen molar-refractivity contribution >= 4 is 28.9 Å². The molecule has 3 aromatic rings. The second kappa shape index (κ2) is 6.67. The SMILES string of the molecule is COC(=O)c1ccc2cnc(C(=O)c3ccc(N)c(C(=O)OC)c3)n2c1. The van der Waals surface area contributed by atoms with Crippen LogP contribution in [-0.2, 0) is 9.47 Å². The summed E-state index contributed by atoms with van der Waals surface area (Å²) in [6.45, 7) is 0. The Morgan fingerprint density at radius 1 is 1.00 bits per heavy atom. The molecule has 0 radical (unpaired) electrons. The number of esters is 2. The molecular weight excluding hydrogens is 338 g/mol. The van der Waals surface area contributed by atoms with Gasteiger partial charge in [-0.25, -0.2) is 14.6 Å². The molecule has 0 atom stereocenters. The zero-order valence-electron chi connectivity index (χ0n) is 14.1. The molecule has 8 heteroatoms. The molecule has 0 amide bonds. The van der Waals surface area contributed by atoms with Crippen LogP contribution < -0.4 is 5.73 Å². The third-order valence-corrected chi connectivity index (χ3v) is 3.87. The maximum absolute atomic E-state index is 12.9. The van der Waals surface area contributed by atoms with Crippen LogP contribution in [-0.4, -0.2) is 41.3 Å². The van der Waals surface area contributed by atoms with Crippen molar-refractivity contribution < 1.29 is 23.9 Å². The van der Waals surface area contributed by atoms with E-state index < -0.39 is 17.7 Å². The fourth-order valence-corrected chi connectivity index (χ4v) is 2.51. The number of aromatic nitrogens is 2. The predicted molar refractivity (Wildman–Crippen MR) is 92.2 cm³/mol. The van der Waals surface area contributed by atoms with Gasteiger partial charge in [-0.15, -0.1) is 0 Å². The average Bonchev–Trinajstić information content (AvgIpc) is 3.09. The highest BCUT2D eigenvalue weighted by molar-refractivity contribution is 6.09. The van der Waals surface area contributed by atoms with Crippen LogP contribution in [0.5, 0.6) is 0 Å². The minimum atomic E-state index is -0.641. The Balaban J connectivity index is 2.08. The number of rotatable bonds is 4. The van der Waals surface area contributed by atoms with Crippen molar-refractivity contribution in [3.63, 3.8) is 0 Å². The Morgan fingerprint density at radius 2 is 1.69 bits per heavy atom. The summed E-state index contributed by atoms with van der Waals surface area (Å²) in [4.78, 5) is 40.5. The minimum absolute atomic E-state index is 0.0892. The molecule has 2 aromatic heterocycles. The van der Waals surface area contributed by atoms with E-state index in [2.05, 4.69) is 9.72 Å². The van der Waals surface area contributed by atoms with E-state index in [0.29, 0.717) is 5.52 Å². The summed E-state index contributed by atoms with van der Waals surface area (Å²) in [5.74, 6) is -1.51. The van der Waals surface area contributed by atoms with Gasteiger partial charge in [0.1, 0.15) is 0 Å². The Bertz CT molecular complexity index is 1040. The number of pyridine rings is 1. The standard InChI is InChI=1S/C18H15N3O5/c1-25-17(23)11-3-5-12-8-20-16(21(12)9-11)15(22)10-4-6-14(19)13(7-10)18(24)26-2/h3-9H,19H2,1-2H3. The maximum atomic E-state index is 12.9. The van der Waals surface area contributed by atoms with Gasteiger partial charge in [-0.1, -0.05) is 0 Å². The maximum Gasteiger partial charge on any atom is 0.339 e. The minimum Gasteiger partial charge on any atom is -0.465 e. The van der Waals surface area contributed by atoms with E-state index >= 15 is 0 Å². The van der Waals surface area contributed by atoms with E-state index in [-0.39, 0.29) is 28.2 Å². The van der Waals surface area contributed by atoms with Crippen molar-refractivity contribution in [1.82, 2.24) is 9.38 Å². The number of ether oxygens (including phenoxy) is 2. The van der Waals surface area contributed by atoms with Gasteiger partial charge < -0.3 is 15.2 Å². The number of methoxy groups -OCH3 is 2. The molecule has 0 fully saturated rings. The van der Waals surface area contributed by atoms with Crippen LogP contribution in [0.4, 0.5) is 5.69 Å². The molecule has 0 unspecified atom stereocenters. The number of nitrogen functional groups attached to an aromatic ring is 1. The Morgan fingerprint density at radius 3 is 2.38 bits per heavy atom. The Labute approximate surface area is 148 Å². The highest BCUT2D eigenvalue weighted by Gasteiger charge is 2.19. The summed E-state index contributed by atoms with van der Waals surface area (Å²) in [6.07, 6.45) is 2.98. The van der Waals surface area contributed by atoms with E-state index in [1.807, 2.05) is 0 Å². The summed E-state index contributed by atoms with van der Waals surface area (Å²) in [5.41, 5.74) is 7.18. The van der Waals surface area contributed by atoms with E-state index in [1.165, 1.54) is 49.2 Å². The smallest absolute Gasteiger partial charge is 0.339 e. The van der Waals surface area contributed by atoms with Gasteiger partial charge in [-0.2, -0.15) is 0 Å². The first-order valence-corrected chi connectivity index (χ1v) is 7.54. The van der Waals surface area contributed by atoms with Gasteiger partial charge in [0.25, 0.3) is 0 Å². The molecule has 0 aliphatic heterocycles. The van der Waals surface area contributed by atoms with Crippen LogP contribution >= 0.6 is 0 Å². The predicted octanol–water partition coefficient (Wildman–Crippen LogP) is 1.72. The molecule has 0 bridgehead atoms. The molecule has 3 rings (SSSR count). The van der Waals surface area contributed by atoms with Gasteiger partial charge in [0.05, 0.1) is 37.1 Å².